The van der Waals surface area contributed by atoms with Crippen LogP contribution in [0.3, 0.4) is 0 Å². The maximum atomic E-state index is 11.9. The third kappa shape index (κ3) is 1.73. The molecule has 0 radical (unpaired) electrons. The Morgan fingerprint density at radius 3 is 2.80 bits per heavy atom. The molecule has 1 saturated heterocycles. The number of aliphatic carboxylic acids is 1. The molecule has 2 rings (SSSR count). The van der Waals surface area contributed by atoms with Crippen molar-refractivity contribution in [2.45, 2.75) is 25.7 Å². The van der Waals surface area contributed by atoms with E-state index in [1.807, 2.05) is 0 Å². The molecule has 0 bridgehead atoms. The largest absolute Gasteiger partial charge is 0.481 e. The topological polar surface area (TPSA) is 57.6 Å². The Morgan fingerprint density at radius 1 is 1.40 bits per heavy atom. The maximum Gasteiger partial charge on any atom is 0.307 e. The number of carboxylic acid groups (broad SMARTS) is 1. The second-order valence-electron chi connectivity index (χ2n) is 4.71. The molecule has 1 aliphatic heterocycles. The lowest BCUT2D eigenvalue weighted by molar-refractivity contribution is -0.157. The number of carbonyl (C=O) groups is 2. The Hall–Kier alpha value is -1.06. The van der Waals surface area contributed by atoms with Crippen molar-refractivity contribution >= 4 is 11.9 Å². The van der Waals surface area contributed by atoms with Crippen molar-refractivity contribution in [1.29, 1.82) is 0 Å². The van der Waals surface area contributed by atoms with Gasteiger partial charge in [0.15, 0.2) is 0 Å². The van der Waals surface area contributed by atoms with E-state index in [1.54, 1.807) is 11.9 Å². The molecule has 1 aliphatic carbocycles. The fourth-order valence-electron chi connectivity index (χ4n) is 2.99. The molecule has 0 aromatic heterocycles. The van der Waals surface area contributed by atoms with Gasteiger partial charge in [-0.25, -0.2) is 0 Å². The van der Waals surface area contributed by atoms with Crippen molar-refractivity contribution in [2.75, 3.05) is 13.6 Å². The van der Waals surface area contributed by atoms with Gasteiger partial charge in [0.2, 0.25) is 5.91 Å². The van der Waals surface area contributed by atoms with Crippen LogP contribution in [-0.2, 0) is 9.59 Å². The van der Waals surface area contributed by atoms with E-state index in [9.17, 15) is 9.59 Å². The molecule has 15 heavy (non-hydrogen) atoms. The molecular weight excluding hydrogens is 194 g/mol. The van der Waals surface area contributed by atoms with E-state index in [0.717, 1.165) is 25.8 Å². The molecule has 1 amide bonds. The van der Waals surface area contributed by atoms with Crippen LogP contribution < -0.4 is 0 Å². The molecule has 0 aromatic carbocycles. The van der Waals surface area contributed by atoms with Gasteiger partial charge in [0.25, 0.3) is 0 Å². The van der Waals surface area contributed by atoms with Crippen LogP contribution in [0.4, 0.5) is 0 Å². The SMILES string of the molecule is CN1CCC2CCCC(C(=O)O)C2C1=O. The molecule has 1 heterocycles. The number of carboxylic acids is 1. The number of amides is 1. The highest BCUT2D eigenvalue weighted by molar-refractivity contribution is 5.85. The lowest BCUT2D eigenvalue weighted by Gasteiger charge is -2.41. The van der Waals surface area contributed by atoms with Crippen LogP contribution >= 0.6 is 0 Å². The second-order valence-corrected chi connectivity index (χ2v) is 4.71. The molecule has 0 spiro atoms. The number of piperidine rings is 1. The Balaban J connectivity index is 2.21. The van der Waals surface area contributed by atoms with E-state index in [0.29, 0.717) is 12.3 Å². The zero-order valence-electron chi connectivity index (χ0n) is 8.98. The first-order valence-electron chi connectivity index (χ1n) is 5.59. The molecule has 2 aliphatic rings. The third-order valence-electron chi connectivity index (χ3n) is 3.85. The summed E-state index contributed by atoms with van der Waals surface area (Å²) in [5.74, 6) is -1.15. The van der Waals surface area contributed by atoms with Crippen molar-refractivity contribution in [1.82, 2.24) is 4.90 Å². The van der Waals surface area contributed by atoms with E-state index < -0.39 is 11.9 Å². The summed E-state index contributed by atoms with van der Waals surface area (Å²) < 4.78 is 0. The van der Waals surface area contributed by atoms with Gasteiger partial charge in [-0.3, -0.25) is 9.59 Å². The summed E-state index contributed by atoms with van der Waals surface area (Å²) >= 11 is 0. The number of nitrogens with zero attached hydrogens (tertiary/aromatic N) is 1. The molecular formula is C11H17NO3. The summed E-state index contributed by atoms with van der Waals surface area (Å²) in [4.78, 5) is 24.7. The Bertz CT molecular complexity index is 290. The minimum atomic E-state index is -0.798. The number of carbonyl (C=O) groups excluding carboxylic acids is 1. The van der Waals surface area contributed by atoms with Crippen LogP contribution in [-0.4, -0.2) is 35.5 Å². The summed E-state index contributed by atoms with van der Waals surface area (Å²) in [7, 11) is 1.77. The quantitative estimate of drug-likeness (QED) is 0.703. The van der Waals surface area contributed by atoms with E-state index in [-0.39, 0.29) is 11.8 Å². The van der Waals surface area contributed by atoms with Gasteiger partial charge in [0.05, 0.1) is 11.8 Å². The smallest absolute Gasteiger partial charge is 0.307 e. The Labute approximate surface area is 89.3 Å². The van der Waals surface area contributed by atoms with Crippen LogP contribution in [0.15, 0.2) is 0 Å². The molecule has 0 aromatic rings. The second kappa shape index (κ2) is 3.83. The monoisotopic (exact) mass is 211 g/mol. The zero-order valence-corrected chi connectivity index (χ0v) is 8.98. The van der Waals surface area contributed by atoms with Gasteiger partial charge in [0, 0.05) is 13.6 Å². The number of likely N-dealkylation sites (tertiary alicyclic amines) is 1. The molecule has 1 N–H and O–H groups in total. The van der Waals surface area contributed by atoms with Crippen molar-refractivity contribution in [3.8, 4) is 0 Å². The summed E-state index contributed by atoms with van der Waals surface area (Å²) in [5.41, 5.74) is 0. The summed E-state index contributed by atoms with van der Waals surface area (Å²) in [6.07, 6.45) is 3.61. The van der Waals surface area contributed by atoms with Crippen LogP contribution in [0.25, 0.3) is 0 Å². The fraction of sp³-hybridized carbons (Fsp3) is 0.818. The summed E-state index contributed by atoms with van der Waals surface area (Å²) in [6, 6.07) is 0. The van der Waals surface area contributed by atoms with Crippen LogP contribution in [0.2, 0.25) is 0 Å². The van der Waals surface area contributed by atoms with Crippen LogP contribution in [0.5, 0.6) is 0 Å². The van der Waals surface area contributed by atoms with Gasteiger partial charge in [-0.05, 0) is 25.2 Å². The molecule has 1 saturated carbocycles. The van der Waals surface area contributed by atoms with Crippen molar-refractivity contribution in [2.24, 2.45) is 17.8 Å². The van der Waals surface area contributed by atoms with Gasteiger partial charge < -0.3 is 10.0 Å². The number of hydrogen-bond acceptors (Lipinski definition) is 2. The van der Waals surface area contributed by atoms with E-state index in [1.165, 1.54) is 0 Å². The number of hydrogen-bond donors (Lipinski definition) is 1. The molecule has 3 atom stereocenters. The highest BCUT2D eigenvalue weighted by Gasteiger charge is 2.45. The zero-order chi connectivity index (χ0) is 11.0. The third-order valence-corrected chi connectivity index (χ3v) is 3.85. The van der Waals surface area contributed by atoms with E-state index in [4.69, 9.17) is 5.11 Å². The molecule has 4 heteroatoms. The van der Waals surface area contributed by atoms with Gasteiger partial charge >= 0.3 is 5.97 Å². The number of fused-ring (bicyclic) bond motifs is 1. The molecule has 2 fully saturated rings. The molecule has 4 nitrogen and oxygen atoms in total. The lowest BCUT2D eigenvalue weighted by atomic mass is 9.68. The predicted octanol–water partition coefficient (Wildman–Crippen LogP) is 0.966. The average Bonchev–Trinajstić information content (AvgIpc) is 2.23. The highest BCUT2D eigenvalue weighted by Crippen LogP contribution is 2.40. The van der Waals surface area contributed by atoms with Crippen LogP contribution in [0, 0.1) is 17.8 Å². The minimum absolute atomic E-state index is 0.0401. The Morgan fingerprint density at radius 2 is 2.13 bits per heavy atom. The summed E-state index contributed by atoms with van der Waals surface area (Å²) in [5, 5.41) is 9.11. The summed E-state index contributed by atoms with van der Waals surface area (Å²) in [6.45, 7) is 0.784. The first-order chi connectivity index (χ1) is 7.11. The van der Waals surface area contributed by atoms with Crippen LogP contribution in [0.1, 0.15) is 25.7 Å². The maximum absolute atomic E-state index is 11.9. The van der Waals surface area contributed by atoms with Gasteiger partial charge in [0.1, 0.15) is 0 Å². The van der Waals surface area contributed by atoms with Gasteiger partial charge in [-0.2, -0.15) is 0 Å². The highest BCUT2D eigenvalue weighted by atomic mass is 16.4. The van der Waals surface area contributed by atoms with E-state index in [2.05, 4.69) is 0 Å². The van der Waals surface area contributed by atoms with E-state index >= 15 is 0 Å². The molecule has 84 valence electrons. The van der Waals surface area contributed by atoms with Crippen molar-refractivity contribution < 1.29 is 14.7 Å². The van der Waals surface area contributed by atoms with Crippen molar-refractivity contribution in [3.05, 3.63) is 0 Å². The lowest BCUT2D eigenvalue weighted by Crippen LogP contribution is -2.49. The average molecular weight is 211 g/mol. The first-order valence-corrected chi connectivity index (χ1v) is 5.59. The minimum Gasteiger partial charge on any atom is -0.481 e. The first kappa shape index (κ1) is 10.5. The Kier molecular flexibility index (Phi) is 2.67. The van der Waals surface area contributed by atoms with Gasteiger partial charge in [-0.15, -0.1) is 0 Å². The predicted molar refractivity (Wildman–Crippen MR) is 54.2 cm³/mol. The van der Waals surface area contributed by atoms with Crippen molar-refractivity contribution in [3.63, 3.8) is 0 Å². The standard InChI is InChI=1S/C11H17NO3/c1-12-6-5-7-3-2-4-8(11(14)15)9(7)10(12)13/h7-9H,2-6H2,1H3,(H,14,15). The van der Waals surface area contributed by atoms with Gasteiger partial charge in [-0.1, -0.05) is 6.42 Å². The normalized spacial score (nSPS) is 36.2. The fourth-order valence-corrected chi connectivity index (χ4v) is 2.99. The molecule has 3 unspecified atom stereocenters. The number of rotatable bonds is 1.